The van der Waals surface area contributed by atoms with Gasteiger partial charge in [0.25, 0.3) is 0 Å². The Morgan fingerprint density at radius 1 is 0.941 bits per heavy atom. The number of rotatable bonds is 1. The number of anilines is 1. The molecule has 1 aliphatic heterocycles. The first-order valence-corrected chi connectivity index (χ1v) is 6.83. The summed E-state index contributed by atoms with van der Waals surface area (Å²) in [6.07, 6.45) is 6.43. The van der Waals surface area contributed by atoms with Crippen LogP contribution < -0.4 is 4.90 Å². The van der Waals surface area contributed by atoms with Gasteiger partial charge in [0, 0.05) is 12.6 Å². The van der Waals surface area contributed by atoms with E-state index in [9.17, 15) is 0 Å². The van der Waals surface area contributed by atoms with Gasteiger partial charge in [0.2, 0.25) is 16.5 Å². The number of nitrogens with zero attached hydrogens (tertiary/aromatic N) is 4. The van der Waals surface area contributed by atoms with Crippen molar-refractivity contribution in [2.24, 2.45) is 5.92 Å². The van der Waals surface area contributed by atoms with Crippen LogP contribution in [-0.4, -0.2) is 27.5 Å². The van der Waals surface area contributed by atoms with E-state index in [2.05, 4.69) is 19.9 Å². The molecular weight excluding hydrogens is 259 g/mol. The number of aromatic nitrogens is 3. The molecule has 1 aromatic heterocycles. The van der Waals surface area contributed by atoms with Gasteiger partial charge in [-0.1, -0.05) is 12.8 Å². The maximum Gasteiger partial charge on any atom is 0.231 e. The number of hydrogen-bond donors (Lipinski definition) is 0. The monoisotopic (exact) mass is 272 g/mol. The summed E-state index contributed by atoms with van der Waals surface area (Å²) in [5, 5.41) is 0.360. The van der Waals surface area contributed by atoms with E-state index in [0.29, 0.717) is 12.0 Å². The molecule has 1 saturated heterocycles. The molecule has 2 atom stereocenters. The Bertz CT molecular complexity index is 406. The standard InChI is InChI=1S/C11H14Cl2N4/c12-9-14-10(13)16-11(15-9)17-6-5-7-3-1-2-4-8(7)17/h7-8H,1-6H2. The van der Waals surface area contributed by atoms with Crippen LogP contribution in [0.5, 0.6) is 0 Å². The molecule has 0 aromatic carbocycles. The number of hydrogen-bond acceptors (Lipinski definition) is 4. The maximum atomic E-state index is 5.83. The van der Waals surface area contributed by atoms with Crippen molar-refractivity contribution >= 4 is 29.2 Å². The van der Waals surface area contributed by atoms with Crippen LogP contribution >= 0.6 is 23.2 Å². The van der Waals surface area contributed by atoms with Gasteiger partial charge < -0.3 is 4.90 Å². The Hall–Kier alpha value is -0.610. The quantitative estimate of drug-likeness (QED) is 0.789. The summed E-state index contributed by atoms with van der Waals surface area (Å²) in [4.78, 5) is 14.4. The normalized spacial score (nSPS) is 28.2. The molecule has 0 bridgehead atoms. The molecular formula is C11H14Cl2N4. The zero-order valence-electron chi connectivity index (χ0n) is 9.44. The molecule has 3 rings (SSSR count). The fourth-order valence-corrected chi connectivity index (χ4v) is 3.45. The molecule has 1 saturated carbocycles. The average Bonchev–Trinajstić information content (AvgIpc) is 2.71. The molecule has 1 aromatic rings. The van der Waals surface area contributed by atoms with E-state index >= 15 is 0 Å². The smallest absolute Gasteiger partial charge is 0.231 e. The Morgan fingerprint density at radius 2 is 1.65 bits per heavy atom. The summed E-state index contributed by atoms with van der Waals surface area (Å²) in [6, 6.07) is 0.568. The van der Waals surface area contributed by atoms with E-state index in [1.54, 1.807) is 0 Å². The van der Waals surface area contributed by atoms with Crippen LogP contribution in [0.4, 0.5) is 5.95 Å². The highest BCUT2D eigenvalue weighted by Crippen LogP contribution is 2.37. The average molecular weight is 273 g/mol. The summed E-state index contributed by atoms with van der Waals surface area (Å²) >= 11 is 11.7. The predicted molar refractivity (Wildman–Crippen MR) is 67.6 cm³/mol. The summed E-state index contributed by atoms with van der Waals surface area (Å²) < 4.78 is 0. The van der Waals surface area contributed by atoms with Crippen molar-refractivity contribution in [1.29, 1.82) is 0 Å². The van der Waals surface area contributed by atoms with Gasteiger partial charge in [-0.15, -0.1) is 0 Å². The fraction of sp³-hybridized carbons (Fsp3) is 0.727. The molecule has 0 spiro atoms. The minimum Gasteiger partial charge on any atom is -0.337 e. The Balaban J connectivity index is 1.88. The lowest BCUT2D eigenvalue weighted by Crippen LogP contribution is -2.35. The van der Waals surface area contributed by atoms with Crippen molar-refractivity contribution in [3.05, 3.63) is 10.6 Å². The second kappa shape index (κ2) is 4.58. The number of fused-ring (bicyclic) bond motifs is 1. The van der Waals surface area contributed by atoms with Gasteiger partial charge in [0.15, 0.2) is 0 Å². The van der Waals surface area contributed by atoms with Gasteiger partial charge in [0.1, 0.15) is 0 Å². The molecule has 0 amide bonds. The molecule has 2 aliphatic rings. The fourth-order valence-electron chi connectivity index (χ4n) is 3.10. The predicted octanol–water partition coefficient (Wildman–Crippen LogP) is 2.95. The lowest BCUT2D eigenvalue weighted by atomic mass is 9.85. The first-order chi connectivity index (χ1) is 8.24. The summed E-state index contributed by atoms with van der Waals surface area (Å²) in [6.45, 7) is 1.01. The van der Waals surface area contributed by atoms with Crippen molar-refractivity contribution in [3.63, 3.8) is 0 Å². The molecule has 0 radical (unpaired) electrons. The van der Waals surface area contributed by atoms with Crippen LogP contribution in [0.2, 0.25) is 10.6 Å². The topological polar surface area (TPSA) is 41.9 Å². The van der Waals surface area contributed by atoms with Crippen LogP contribution in [0.1, 0.15) is 32.1 Å². The van der Waals surface area contributed by atoms with Crippen molar-refractivity contribution in [2.75, 3.05) is 11.4 Å². The molecule has 17 heavy (non-hydrogen) atoms. The molecule has 4 nitrogen and oxygen atoms in total. The van der Waals surface area contributed by atoms with Gasteiger partial charge in [-0.05, 0) is 48.4 Å². The van der Waals surface area contributed by atoms with Gasteiger partial charge >= 0.3 is 0 Å². The van der Waals surface area contributed by atoms with Crippen LogP contribution in [-0.2, 0) is 0 Å². The van der Waals surface area contributed by atoms with Gasteiger partial charge in [-0.3, -0.25) is 0 Å². The lowest BCUT2D eigenvalue weighted by Gasteiger charge is -2.31. The minimum atomic E-state index is 0.180. The highest BCUT2D eigenvalue weighted by molar-refractivity contribution is 6.31. The highest BCUT2D eigenvalue weighted by atomic mass is 35.5. The van der Waals surface area contributed by atoms with Crippen molar-refractivity contribution in [2.45, 2.75) is 38.1 Å². The number of halogens is 2. The van der Waals surface area contributed by atoms with E-state index in [4.69, 9.17) is 23.2 Å². The first-order valence-electron chi connectivity index (χ1n) is 6.08. The zero-order chi connectivity index (χ0) is 11.8. The molecule has 1 aliphatic carbocycles. The molecule has 6 heteroatoms. The lowest BCUT2D eigenvalue weighted by molar-refractivity contribution is 0.340. The zero-order valence-corrected chi connectivity index (χ0v) is 11.0. The second-order valence-corrected chi connectivity index (χ2v) is 5.44. The molecule has 92 valence electrons. The van der Waals surface area contributed by atoms with Gasteiger partial charge in [-0.25, -0.2) is 0 Å². The van der Waals surface area contributed by atoms with Gasteiger partial charge in [-0.2, -0.15) is 15.0 Å². The SMILES string of the molecule is Clc1nc(Cl)nc(N2CCC3CCCCC32)n1. The second-order valence-electron chi connectivity index (χ2n) is 4.77. The third-order valence-corrected chi connectivity index (χ3v) is 4.17. The van der Waals surface area contributed by atoms with Crippen molar-refractivity contribution in [1.82, 2.24) is 15.0 Å². The Labute approximate surface area is 110 Å². The molecule has 2 fully saturated rings. The Morgan fingerprint density at radius 3 is 2.41 bits per heavy atom. The van der Waals surface area contributed by atoms with Gasteiger partial charge in [0.05, 0.1) is 0 Å². The van der Waals surface area contributed by atoms with E-state index in [1.807, 2.05) is 0 Å². The molecule has 2 unspecified atom stereocenters. The van der Waals surface area contributed by atoms with E-state index in [-0.39, 0.29) is 10.6 Å². The third-order valence-electron chi connectivity index (χ3n) is 3.84. The maximum absolute atomic E-state index is 5.83. The Kier molecular flexibility index (Phi) is 3.09. The largest absolute Gasteiger partial charge is 0.337 e. The van der Waals surface area contributed by atoms with E-state index in [1.165, 1.54) is 32.1 Å². The van der Waals surface area contributed by atoms with Crippen LogP contribution in [0.15, 0.2) is 0 Å². The van der Waals surface area contributed by atoms with Crippen LogP contribution in [0.3, 0.4) is 0 Å². The minimum absolute atomic E-state index is 0.180. The van der Waals surface area contributed by atoms with E-state index in [0.717, 1.165) is 12.5 Å². The molecule has 2 heterocycles. The van der Waals surface area contributed by atoms with Crippen LogP contribution in [0.25, 0.3) is 0 Å². The summed E-state index contributed by atoms with van der Waals surface area (Å²) in [5.74, 6) is 1.43. The molecule has 0 N–H and O–H groups in total. The van der Waals surface area contributed by atoms with Crippen molar-refractivity contribution < 1.29 is 0 Å². The summed E-state index contributed by atoms with van der Waals surface area (Å²) in [7, 11) is 0. The third kappa shape index (κ3) is 2.20. The summed E-state index contributed by atoms with van der Waals surface area (Å²) in [5.41, 5.74) is 0. The van der Waals surface area contributed by atoms with Crippen LogP contribution in [0, 0.1) is 5.92 Å². The van der Waals surface area contributed by atoms with Crippen molar-refractivity contribution in [3.8, 4) is 0 Å². The highest BCUT2D eigenvalue weighted by Gasteiger charge is 2.37. The van der Waals surface area contributed by atoms with E-state index < -0.39 is 0 Å². The first kappa shape index (κ1) is 11.5.